The van der Waals surface area contributed by atoms with Gasteiger partial charge in [-0.05, 0) is 28.1 Å². The largest absolute Gasteiger partial charge is 0.319 e. The molecule has 3 aromatic heterocycles. The van der Waals surface area contributed by atoms with E-state index in [9.17, 15) is 4.79 Å². The van der Waals surface area contributed by atoms with Crippen molar-refractivity contribution in [3.8, 4) is 11.3 Å². The van der Waals surface area contributed by atoms with Crippen LogP contribution in [-0.4, -0.2) is 25.7 Å². The molecule has 3 heterocycles. The summed E-state index contributed by atoms with van der Waals surface area (Å²) in [5.74, 6) is -0.220. The molecule has 1 aromatic carbocycles. The second kappa shape index (κ2) is 5.93. The number of halogens is 1. The number of nitrogens with one attached hydrogen (secondary N) is 2. The Hall–Kier alpha value is -2.93. The van der Waals surface area contributed by atoms with Gasteiger partial charge < -0.3 is 5.32 Å². The van der Waals surface area contributed by atoms with Crippen molar-refractivity contribution in [1.29, 1.82) is 0 Å². The molecule has 0 spiro atoms. The van der Waals surface area contributed by atoms with Gasteiger partial charge >= 0.3 is 0 Å². The van der Waals surface area contributed by atoms with Gasteiger partial charge in [-0.25, -0.2) is 4.52 Å². The first-order valence-electron chi connectivity index (χ1n) is 7.25. The number of hydrogen-bond acceptors (Lipinski definition) is 3. The van der Waals surface area contributed by atoms with Crippen LogP contribution in [0.3, 0.4) is 0 Å². The summed E-state index contributed by atoms with van der Waals surface area (Å²) in [5.41, 5.74) is 3.77. The van der Waals surface area contributed by atoms with Crippen molar-refractivity contribution in [3.05, 3.63) is 71.1 Å². The number of fused-ring (bicyclic) bond motifs is 1. The molecule has 0 bridgehead atoms. The lowest BCUT2D eigenvalue weighted by molar-refractivity contribution is 0.102. The normalized spacial score (nSPS) is 10.9. The van der Waals surface area contributed by atoms with Crippen molar-refractivity contribution in [3.63, 3.8) is 0 Å². The van der Waals surface area contributed by atoms with Crippen LogP contribution in [0, 0.1) is 0 Å². The molecular weight excluding hydrogens is 370 g/mol. The minimum Gasteiger partial charge on any atom is -0.319 e. The van der Waals surface area contributed by atoms with Crippen LogP contribution in [0.15, 0.2) is 65.5 Å². The van der Waals surface area contributed by atoms with E-state index in [1.807, 2.05) is 36.4 Å². The Balaban J connectivity index is 1.63. The first-order valence-corrected chi connectivity index (χ1v) is 8.05. The SMILES string of the molecule is O=C(Nc1cn[nH]c1-c1ccccc1)c1ccc2c(Br)cnn2c1. The van der Waals surface area contributed by atoms with E-state index in [1.165, 1.54) is 0 Å². The van der Waals surface area contributed by atoms with Gasteiger partial charge in [0.1, 0.15) is 0 Å². The Labute approximate surface area is 145 Å². The maximum absolute atomic E-state index is 12.5. The lowest BCUT2D eigenvalue weighted by atomic mass is 10.1. The summed E-state index contributed by atoms with van der Waals surface area (Å²) in [7, 11) is 0. The molecule has 0 radical (unpaired) electrons. The monoisotopic (exact) mass is 381 g/mol. The zero-order valence-corrected chi connectivity index (χ0v) is 14.0. The Morgan fingerprint density at radius 1 is 1.12 bits per heavy atom. The number of amides is 1. The molecule has 24 heavy (non-hydrogen) atoms. The van der Waals surface area contributed by atoms with Gasteiger partial charge in [0.25, 0.3) is 5.91 Å². The number of carbonyl (C=O) groups excluding carboxylic acids is 1. The Bertz CT molecular complexity index is 1020. The molecule has 0 unspecified atom stereocenters. The highest BCUT2D eigenvalue weighted by atomic mass is 79.9. The quantitative estimate of drug-likeness (QED) is 0.567. The van der Waals surface area contributed by atoms with Crippen LogP contribution in [0.25, 0.3) is 16.8 Å². The minimum absolute atomic E-state index is 0.220. The van der Waals surface area contributed by atoms with Crippen molar-refractivity contribution in [1.82, 2.24) is 19.8 Å². The summed E-state index contributed by atoms with van der Waals surface area (Å²) in [4.78, 5) is 12.5. The number of anilines is 1. The third kappa shape index (κ3) is 2.59. The lowest BCUT2D eigenvalue weighted by Gasteiger charge is -2.06. The summed E-state index contributed by atoms with van der Waals surface area (Å²) < 4.78 is 2.54. The molecule has 0 atom stereocenters. The molecule has 0 saturated heterocycles. The predicted molar refractivity (Wildman–Crippen MR) is 94.9 cm³/mol. The van der Waals surface area contributed by atoms with Gasteiger partial charge in [-0.2, -0.15) is 10.2 Å². The van der Waals surface area contributed by atoms with E-state index in [-0.39, 0.29) is 5.91 Å². The van der Waals surface area contributed by atoms with Crippen LogP contribution >= 0.6 is 15.9 Å². The molecule has 4 aromatic rings. The molecular formula is C17H12BrN5O. The van der Waals surface area contributed by atoms with Crippen LogP contribution < -0.4 is 5.32 Å². The number of nitrogens with zero attached hydrogens (tertiary/aromatic N) is 3. The molecule has 0 aliphatic heterocycles. The fourth-order valence-corrected chi connectivity index (χ4v) is 2.89. The second-order valence-electron chi connectivity index (χ2n) is 5.22. The van der Waals surface area contributed by atoms with E-state index in [4.69, 9.17) is 0 Å². The van der Waals surface area contributed by atoms with Gasteiger partial charge in [0.05, 0.1) is 39.3 Å². The molecule has 2 N–H and O–H groups in total. The van der Waals surface area contributed by atoms with Crippen LogP contribution in [0.4, 0.5) is 5.69 Å². The standard InChI is InChI=1S/C17H12BrN5O/c18-13-8-20-23-10-12(6-7-15(13)23)17(24)21-14-9-19-22-16(14)11-4-2-1-3-5-11/h1-10H,(H,19,22)(H,21,24). The topological polar surface area (TPSA) is 75.1 Å². The zero-order valence-electron chi connectivity index (χ0n) is 12.4. The number of aromatic amines is 1. The van der Waals surface area contributed by atoms with Gasteiger partial charge in [-0.1, -0.05) is 30.3 Å². The third-order valence-corrected chi connectivity index (χ3v) is 4.29. The summed E-state index contributed by atoms with van der Waals surface area (Å²) in [6, 6.07) is 13.3. The maximum Gasteiger partial charge on any atom is 0.257 e. The molecule has 0 aliphatic rings. The molecule has 0 aliphatic carbocycles. The Morgan fingerprint density at radius 3 is 2.79 bits per heavy atom. The smallest absolute Gasteiger partial charge is 0.257 e. The molecule has 1 amide bonds. The fourth-order valence-electron chi connectivity index (χ4n) is 2.49. The van der Waals surface area contributed by atoms with Gasteiger partial charge in [-0.15, -0.1) is 0 Å². The average molecular weight is 382 g/mol. The van der Waals surface area contributed by atoms with Crippen molar-refractivity contribution >= 4 is 33.0 Å². The van der Waals surface area contributed by atoms with Crippen molar-refractivity contribution in [2.75, 3.05) is 5.32 Å². The van der Waals surface area contributed by atoms with Crippen LogP contribution in [0.5, 0.6) is 0 Å². The molecule has 7 heteroatoms. The van der Waals surface area contributed by atoms with E-state index in [1.54, 1.807) is 29.2 Å². The summed E-state index contributed by atoms with van der Waals surface area (Å²) >= 11 is 3.42. The number of benzene rings is 1. The molecule has 0 fully saturated rings. The number of H-pyrrole nitrogens is 1. The predicted octanol–water partition coefficient (Wildman–Crippen LogP) is 3.74. The van der Waals surface area contributed by atoms with Crippen molar-refractivity contribution in [2.45, 2.75) is 0 Å². The van der Waals surface area contributed by atoms with Gasteiger partial charge in [0.15, 0.2) is 0 Å². The van der Waals surface area contributed by atoms with E-state index >= 15 is 0 Å². The molecule has 0 saturated carbocycles. The number of aromatic nitrogens is 4. The van der Waals surface area contributed by atoms with Gasteiger partial charge in [0, 0.05) is 11.8 Å². The number of rotatable bonds is 3. The number of hydrogen-bond donors (Lipinski definition) is 2. The van der Waals surface area contributed by atoms with Crippen LogP contribution in [0.1, 0.15) is 10.4 Å². The first kappa shape index (κ1) is 14.6. The van der Waals surface area contributed by atoms with Crippen molar-refractivity contribution in [2.24, 2.45) is 0 Å². The maximum atomic E-state index is 12.5. The zero-order chi connectivity index (χ0) is 16.5. The Morgan fingerprint density at radius 2 is 1.96 bits per heavy atom. The summed E-state index contributed by atoms with van der Waals surface area (Å²) in [6.45, 7) is 0. The van der Waals surface area contributed by atoms with Crippen molar-refractivity contribution < 1.29 is 4.79 Å². The van der Waals surface area contributed by atoms with E-state index in [0.29, 0.717) is 11.3 Å². The third-order valence-electron chi connectivity index (χ3n) is 3.68. The summed E-state index contributed by atoms with van der Waals surface area (Å²) in [6.07, 6.45) is 4.99. The molecule has 118 valence electrons. The lowest BCUT2D eigenvalue weighted by Crippen LogP contribution is -2.13. The second-order valence-corrected chi connectivity index (χ2v) is 6.07. The molecule has 6 nitrogen and oxygen atoms in total. The minimum atomic E-state index is -0.220. The van der Waals surface area contributed by atoms with Crippen LogP contribution in [-0.2, 0) is 0 Å². The number of pyridine rings is 1. The highest BCUT2D eigenvalue weighted by Gasteiger charge is 2.13. The average Bonchev–Trinajstić information content (AvgIpc) is 3.22. The van der Waals surface area contributed by atoms with E-state index in [0.717, 1.165) is 21.2 Å². The number of carbonyl (C=O) groups is 1. The first-order chi connectivity index (χ1) is 11.7. The Kier molecular flexibility index (Phi) is 3.62. The summed E-state index contributed by atoms with van der Waals surface area (Å²) in [5, 5.41) is 14.0. The highest BCUT2D eigenvalue weighted by Crippen LogP contribution is 2.25. The molecule has 4 rings (SSSR count). The highest BCUT2D eigenvalue weighted by molar-refractivity contribution is 9.10. The van der Waals surface area contributed by atoms with E-state index < -0.39 is 0 Å². The van der Waals surface area contributed by atoms with Gasteiger partial charge in [0.2, 0.25) is 0 Å². The van der Waals surface area contributed by atoms with Gasteiger partial charge in [-0.3, -0.25) is 9.89 Å². The van der Waals surface area contributed by atoms with E-state index in [2.05, 4.69) is 36.5 Å². The fraction of sp³-hybridized carbons (Fsp3) is 0. The van der Waals surface area contributed by atoms with Crippen LogP contribution in [0.2, 0.25) is 0 Å².